The molecule has 0 bridgehead atoms. The smallest absolute Gasteiger partial charge is 0.157 e. The Labute approximate surface area is 82.0 Å². The van der Waals surface area contributed by atoms with E-state index in [0.717, 1.165) is 11.5 Å². The molecule has 0 saturated heterocycles. The van der Waals surface area contributed by atoms with Gasteiger partial charge in [-0.2, -0.15) is 5.10 Å². The number of hydrogen-bond donors (Lipinski definition) is 1. The Morgan fingerprint density at radius 2 is 2.29 bits per heavy atom. The van der Waals surface area contributed by atoms with Crippen molar-refractivity contribution in [1.29, 1.82) is 0 Å². The first-order valence-corrected chi connectivity index (χ1v) is 4.99. The molecule has 1 saturated carbocycles. The van der Waals surface area contributed by atoms with Crippen molar-refractivity contribution in [3.63, 3.8) is 0 Å². The maximum atomic E-state index is 4.45. The molecule has 0 unspecified atom stereocenters. The molecular weight excluding hydrogens is 176 g/mol. The largest absolute Gasteiger partial charge is 0.367 e. The molecule has 14 heavy (non-hydrogen) atoms. The van der Waals surface area contributed by atoms with Gasteiger partial charge in [0.2, 0.25) is 0 Å². The minimum atomic E-state index is 0.632. The molecule has 0 aromatic carbocycles. The van der Waals surface area contributed by atoms with Gasteiger partial charge in [-0.25, -0.2) is 9.50 Å². The predicted molar refractivity (Wildman–Crippen MR) is 54.2 cm³/mol. The Balaban J connectivity index is 1.88. The quantitative estimate of drug-likeness (QED) is 0.779. The molecule has 0 atom stereocenters. The lowest BCUT2D eigenvalue weighted by molar-refractivity contribution is 0.444. The van der Waals surface area contributed by atoms with Crippen LogP contribution in [0.15, 0.2) is 24.5 Å². The van der Waals surface area contributed by atoms with Crippen LogP contribution in [0.3, 0.4) is 0 Å². The van der Waals surface area contributed by atoms with Crippen molar-refractivity contribution in [2.75, 3.05) is 5.32 Å². The van der Waals surface area contributed by atoms with Crippen LogP contribution in [0.4, 0.5) is 5.82 Å². The second kappa shape index (κ2) is 2.97. The summed E-state index contributed by atoms with van der Waals surface area (Å²) in [5, 5.41) is 7.51. The first-order valence-electron chi connectivity index (χ1n) is 4.99. The van der Waals surface area contributed by atoms with Crippen LogP contribution in [-0.2, 0) is 0 Å². The van der Waals surface area contributed by atoms with Gasteiger partial charge < -0.3 is 5.32 Å². The molecule has 3 rings (SSSR count). The van der Waals surface area contributed by atoms with Gasteiger partial charge in [-0.15, -0.1) is 0 Å². The fourth-order valence-corrected chi connectivity index (χ4v) is 1.65. The number of nitrogens with zero attached hydrogens (tertiary/aromatic N) is 3. The van der Waals surface area contributed by atoms with E-state index in [-0.39, 0.29) is 0 Å². The van der Waals surface area contributed by atoms with Crippen LogP contribution >= 0.6 is 0 Å². The Morgan fingerprint density at radius 3 is 3.07 bits per heavy atom. The molecule has 2 aromatic heterocycles. The molecule has 1 fully saturated rings. The van der Waals surface area contributed by atoms with Crippen molar-refractivity contribution >= 4 is 11.5 Å². The first-order chi connectivity index (χ1) is 6.92. The lowest BCUT2D eigenvalue weighted by Gasteiger charge is -2.26. The Morgan fingerprint density at radius 1 is 1.36 bits per heavy atom. The lowest BCUT2D eigenvalue weighted by atomic mass is 9.93. The van der Waals surface area contributed by atoms with Crippen LogP contribution in [0, 0.1) is 0 Å². The number of anilines is 1. The van der Waals surface area contributed by atoms with E-state index >= 15 is 0 Å². The maximum absolute atomic E-state index is 4.45. The summed E-state index contributed by atoms with van der Waals surface area (Å²) in [6, 6.07) is 4.51. The third kappa shape index (κ3) is 1.23. The fourth-order valence-electron chi connectivity index (χ4n) is 1.65. The SMILES string of the molecule is c1cc2nc(NC3CCC3)ccn2n1. The molecule has 0 radical (unpaired) electrons. The summed E-state index contributed by atoms with van der Waals surface area (Å²) in [6.07, 6.45) is 7.57. The Hall–Kier alpha value is -1.58. The summed E-state index contributed by atoms with van der Waals surface area (Å²) in [6.45, 7) is 0. The predicted octanol–water partition coefficient (Wildman–Crippen LogP) is 1.69. The Bertz CT molecular complexity index is 444. The van der Waals surface area contributed by atoms with Crippen LogP contribution in [-0.4, -0.2) is 20.6 Å². The molecule has 2 heterocycles. The van der Waals surface area contributed by atoms with Crippen LogP contribution < -0.4 is 5.32 Å². The fraction of sp³-hybridized carbons (Fsp3) is 0.400. The molecule has 0 aliphatic heterocycles. The van der Waals surface area contributed by atoms with Crippen molar-refractivity contribution in [2.45, 2.75) is 25.3 Å². The van der Waals surface area contributed by atoms with Gasteiger partial charge in [0, 0.05) is 18.3 Å². The first kappa shape index (κ1) is 7.79. The van der Waals surface area contributed by atoms with E-state index in [0.29, 0.717) is 6.04 Å². The van der Waals surface area contributed by atoms with Gasteiger partial charge in [-0.05, 0) is 25.3 Å². The Kier molecular flexibility index (Phi) is 1.65. The third-order valence-corrected chi connectivity index (χ3v) is 2.72. The van der Waals surface area contributed by atoms with Gasteiger partial charge in [0.15, 0.2) is 5.65 Å². The zero-order valence-electron chi connectivity index (χ0n) is 7.85. The molecule has 0 amide bonds. The van der Waals surface area contributed by atoms with Crippen molar-refractivity contribution in [3.8, 4) is 0 Å². The van der Waals surface area contributed by atoms with E-state index < -0.39 is 0 Å². The number of rotatable bonds is 2. The van der Waals surface area contributed by atoms with E-state index in [2.05, 4.69) is 15.4 Å². The average molecular weight is 188 g/mol. The number of fused-ring (bicyclic) bond motifs is 1. The van der Waals surface area contributed by atoms with Gasteiger partial charge >= 0.3 is 0 Å². The highest BCUT2D eigenvalue weighted by Crippen LogP contribution is 2.22. The summed E-state index contributed by atoms with van der Waals surface area (Å²) < 4.78 is 1.77. The van der Waals surface area contributed by atoms with Gasteiger partial charge in [-0.1, -0.05) is 0 Å². The van der Waals surface area contributed by atoms with Gasteiger partial charge in [-0.3, -0.25) is 0 Å². The number of hydrogen-bond acceptors (Lipinski definition) is 3. The van der Waals surface area contributed by atoms with E-state index in [1.807, 2.05) is 18.3 Å². The zero-order valence-corrected chi connectivity index (χ0v) is 7.85. The standard InChI is InChI=1S/C10H12N4/c1-2-8(3-1)12-9-5-7-14-10(13-9)4-6-11-14/h4-8H,1-3H2,(H,12,13). The molecule has 1 N–H and O–H groups in total. The van der Waals surface area contributed by atoms with Crippen molar-refractivity contribution in [1.82, 2.24) is 14.6 Å². The van der Waals surface area contributed by atoms with E-state index in [9.17, 15) is 0 Å². The summed E-state index contributed by atoms with van der Waals surface area (Å²) in [4.78, 5) is 4.45. The van der Waals surface area contributed by atoms with Crippen LogP contribution in [0.2, 0.25) is 0 Å². The lowest BCUT2D eigenvalue weighted by Crippen LogP contribution is -2.27. The topological polar surface area (TPSA) is 42.2 Å². The highest BCUT2D eigenvalue weighted by atomic mass is 15.2. The van der Waals surface area contributed by atoms with E-state index in [1.54, 1.807) is 10.7 Å². The summed E-state index contributed by atoms with van der Waals surface area (Å²) in [5.41, 5.74) is 0.898. The van der Waals surface area contributed by atoms with Crippen LogP contribution in [0.25, 0.3) is 5.65 Å². The second-order valence-corrected chi connectivity index (χ2v) is 3.72. The minimum absolute atomic E-state index is 0.632. The molecule has 4 heteroatoms. The second-order valence-electron chi connectivity index (χ2n) is 3.72. The molecular formula is C10H12N4. The summed E-state index contributed by atoms with van der Waals surface area (Å²) in [5.74, 6) is 0.961. The molecule has 72 valence electrons. The van der Waals surface area contributed by atoms with Crippen LogP contribution in [0.1, 0.15) is 19.3 Å². The molecule has 2 aromatic rings. The van der Waals surface area contributed by atoms with Crippen molar-refractivity contribution in [2.24, 2.45) is 0 Å². The van der Waals surface area contributed by atoms with Gasteiger partial charge in [0.1, 0.15) is 5.82 Å². The van der Waals surface area contributed by atoms with Crippen LogP contribution in [0.5, 0.6) is 0 Å². The van der Waals surface area contributed by atoms with Gasteiger partial charge in [0.25, 0.3) is 0 Å². The van der Waals surface area contributed by atoms with E-state index in [4.69, 9.17) is 0 Å². The average Bonchev–Trinajstić information content (AvgIpc) is 2.58. The monoisotopic (exact) mass is 188 g/mol. The number of nitrogens with one attached hydrogen (secondary N) is 1. The van der Waals surface area contributed by atoms with E-state index in [1.165, 1.54) is 19.3 Å². The van der Waals surface area contributed by atoms with Crippen molar-refractivity contribution in [3.05, 3.63) is 24.5 Å². The highest BCUT2D eigenvalue weighted by Gasteiger charge is 2.17. The normalized spacial score (nSPS) is 16.9. The molecule has 4 nitrogen and oxygen atoms in total. The molecule has 1 aliphatic carbocycles. The summed E-state index contributed by atoms with van der Waals surface area (Å²) in [7, 11) is 0. The third-order valence-electron chi connectivity index (χ3n) is 2.72. The molecule has 1 aliphatic rings. The number of aromatic nitrogens is 3. The van der Waals surface area contributed by atoms with Gasteiger partial charge in [0.05, 0.1) is 6.20 Å². The highest BCUT2D eigenvalue weighted by molar-refractivity contribution is 5.46. The molecule has 0 spiro atoms. The zero-order chi connectivity index (χ0) is 9.38. The summed E-state index contributed by atoms with van der Waals surface area (Å²) >= 11 is 0. The minimum Gasteiger partial charge on any atom is -0.367 e. The van der Waals surface area contributed by atoms with Crippen molar-refractivity contribution < 1.29 is 0 Å². The maximum Gasteiger partial charge on any atom is 0.157 e.